The molecule has 5 nitrogen and oxygen atoms in total. The van der Waals surface area contributed by atoms with Crippen LogP contribution in [0, 0.1) is 0 Å². The van der Waals surface area contributed by atoms with E-state index in [-0.39, 0.29) is 6.42 Å². The van der Waals surface area contributed by atoms with Crippen molar-refractivity contribution < 1.29 is 19.1 Å². The average Bonchev–Trinajstić information content (AvgIpc) is 2.02. The zero-order chi connectivity index (χ0) is 8.85. The Labute approximate surface area is 64.5 Å². The number of carbonyl (C=O) groups excluding carboxylic acids is 2. The molecule has 0 radical (unpaired) electrons. The van der Waals surface area contributed by atoms with E-state index in [1.165, 1.54) is 14.2 Å². The fourth-order valence-electron chi connectivity index (χ4n) is 0.498. The molecule has 0 saturated carbocycles. The van der Waals surface area contributed by atoms with Gasteiger partial charge in [0.15, 0.2) is 0 Å². The van der Waals surface area contributed by atoms with Crippen LogP contribution in [0.25, 0.3) is 0 Å². The first kappa shape index (κ1) is 9.90. The van der Waals surface area contributed by atoms with Crippen LogP contribution in [-0.4, -0.2) is 32.2 Å². The highest BCUT2D eigenvalue weighted by Crippen LogP contribution is 1.92. The van der Waals surface area contributed by atoms with Crippen LogP contribution in [0.3, 0.4) is 0 Å². The number of carbonyl (C=O) groups is 2. The van der Waals surface area contributed by atoms with Gasteiger partial charge in [-0.05, 0) is 0 Å². The zero-order valence-electron chi connectivity index (χ0n) is 6.49. The summed E-state index contributed by atoms with van der Waals surface area (Å²) in [6.45, 7) is 0. The Balaban J connectivity index is 3.77. The Morgan fingerprint density at radius 1 is 1.36 bits per heavy atom. The van der Waals surface area contributed by atoms with Crippen LogP contribution in [0.4, 0.5) is 0 Å². The largest absolute Gasteiger partial charge is 0.469 e. The van der Waals surface area contributed by atoms with Gasteiger partial charge < -0.3 is 15.2 Å². The van der Waals surface area contributed by atoms with Crippen LogP contribution in [0.15, 0.2) is 0 Å². The number of hydrogen-bond acceptors (Lipinski definition) is 5. The predicted molar refractivity (Wildman–Crippen MR) is 36.6 cm³/mol. The van der Waals surface area contributed by atoms with E-state index in [4.69, 9.17) is 5.73 Å². The SMILES string of the molecule is CO[13C](=O)[13CH2][13C@H]([15NH2])[13C](=O)OC. The molecular weight excluding hydrogens is 155 g/mol. The molecule has 0 amide bonds. The molecule has 64 valence electrons. The molecule has 0 aliphatic carbocycles. The summed E-state index contributed by atoms with van der Waals surface area (Å²) < 4.78 is 8.57. The molecule has 0 saturated heterocycles. The van der Waals surface area contributed by atoms with E-state index in [1.807, 2.05) is 0 Å². The summed E-state index contributed by atoms with van der Waals surface area (Å²) >= 11 is 0. The van der Waals surface area contributed by atoms with Crippen LogP contribution in [0.5, 0.6) is 0 Å². The van der Waals surface area contributed by atoms with Crippen LogP contribution < -0.4 is 5.73 Å². The van der Waals surface area contributed by atoms with Crippen LogP contribution in [0.1, 0.15) is 6.42 Å². The molecule has 0 aromatic carbocycles. The lowest BCUT2D eigenvalue weighted by Gasteiger charge is -2.06. The van der Waals surface area contributed by atoms with Gasteiger partial charge in [0.2, 0.25) is 0 Å². The van der Waals surface area contributed by atoms with Crippen molar-refractivity contribution in [2.24, 2.45) is 5.73 Å². The maximum absolute atomic E-state index is 10.6. The van der Waals surface area contributed by atoms with Gasteiger partial charge in [0.1, 0.15) is 6.04 Å². The summed E-state index contributed by atoms with van der Waals surface area (Å²) in [5, 5.41) is 0. The third-order valence-electron chi connectivity index (χ3n) is 1.12. The Morgan fingerprint density at radius 3 is 2.27 bits per heavy atom. The van der Waals surface area contributed by atoms with Gasteiger partial charge in [-0.15, -0.1) is 0 Å². The number of esters is 2. The molecule has 5 heteroatoms. The highest BCUT2D eigenvalue weighted by molar-refractivity contribution is 5.82. The summed E-state index contributed by atoms with van der Waals surface area (Å²) in [6, 6.07) is -0.924. The molecular formula is C6H11NO4. The molecule has 0 bridgehead atoms. The van der Waals surface area contributed by atoms with Crippen molar-refractivity contribution >= 4 is 11.9 Å². The van der Waals surface area contributed by atoms with E-state index >= 15 is 0 Å². The van der Waals surface area contributed by atoms with E-state index < -0.39 is 18.0 Å². The molecule has 2 N–H and O–H groups in total. The van der Waals surface area contributed by atoms with Gasteiger partial charge in [-0.2, -0.15) is 0 Å². The smallest absolute Gasteiger partial charge is 0.323 e. The third-order valence-corrected chi connectivity index (χ3v) is 1.12. The maximum Gasteiger partial charge on any atom is 0.323 e. The molecule has 0 aromatic rings. The van der Waals surface area contributed by atoms with Crippen molar-refractivity contribution in [1.29, 1.82) is 0 Å². The molecule has 1 atom stereocenters. The summed E-state index contributed by atoms with van der Waals surface area (Å²) in [5.41, 5.74) is 5.23. The quantitative estimate of drug-likeness (QED) is 0.332. The third kappa shape index (κ3) is 3.57. The summed E-state index contributed by atoms with van der Waals surface area (Å²) in [7, 11) is 2.44. The summed E-state index contributed by atoms with van der Waals surface area (Å²) in [4.78, 5) is 21.1. The molecule has 0 heterocycles. The van der Waals surface area contributed by atoms with Crippen molar-refractivity contribution in [2.75, 3.05) is 14.2 Å². The second-order valence-electron chi connectivity index (χ2n) is 1.91. The average molecular weight is 166 g/mol. The first-order valence-corrected chi connectivity index (χ1v) is 3.02. The number of nitrogens with two attached hydrogens (primary N) is 1. The lowest BCUT2D eigenvalue weighted by molar-refractivity contribution is -0.148. The van der Waals surface area contributed by atoms with Crippen molar-refractivity contribution in [2.45, 2.75) is 12.5 Å². The standard InChI is InChI=1S/C6H11NO4/c1-10-5(8)3-4(7)6(9)11-2/h4H,3,7H2,1-2H3/t4-/m0/s1/i3+1,4+1,5+1,6+1,7+1. The fraction of sp³-hybridized carbons (Fsp3) is 0.667. The van der Waals surface area contributed by atoms with Gasteiger partial charge in [-0.3, -0.25) is 9.59 Å². The summed E-state index contributed by atoms with van der Waals surface area (Å²) in [5.74, 6) is -1.14. The van der Waals surface area contributed by atoms with Crippen LogP contribution >= 0.6 is 0 Å². The first-order valence-electron chi connectivity index (χ1n) is 3.02. The highest BCUT2D eigenvalue weighted by atomic mass is 16.6. The normalized spacial score (nSPS) is 11.9. The Morgan fingerprint density at radius 2 is 1.91 bits per heavy atom. The van der Waals surface area contributed by atoms with E-state index in [2.05, 4.69) is 9.47 Å². The minimum atomic E-state index is -0.924. The van der Waals surface area contributed by atoms with Gasteiger partial charge in [-0.1, -0.05) is 0 Å². The molecule has 11 heavy (non-hydrogen) atoms. The lowest BCUT2D eigenvalue weighted by Crippen LogP contribution is -2.34. The number of methoxy groups -OCH3 is 2. The predicted octanol–water partition coefficient (Wildman–Crippen LogP) is -0.950. The Kier molecular flexibility index (Phi) is 4.21. The number of rotatable bonds is 3. The Bertz CT molecular complexity index is 157. The lowest BCUT2D eigenvalue weighted by atomic mass is 11.2. The monoisotopic (exact) mass is 166 g/mol. The first-order chi connectivity index (χ1) is 5.11. The molecule has 0 aliphatic rings. The zero-order valence-corrected chi connectivity index (χ0v) is 6.49. The molecule has 0 fully saturated rings. The van der Waals surface area contributed by atoms with Gasteiger partial charge in [0.25, 0.3) is 0 Å². The Hall–Kier alpha value is -1.10. The van der Waals surface area contributed by atoms with Crippen LogP contribution in [0.2, 0.25) is 0 Å². The molecule has 0 aliphatic heterocycles. The minimum absolute atomic E-state index is 0.150. The van der Waals surface area contributed by atoms with Gasteiger partial charge >= 0.3 is 11.9 Å². The summed E-state index contributed by atoms with van der Waals surface area (Å²) in [6.07, 6.45) is -0.150. The minimum Gasteiger partial charge on any atom is -0.469 e. The molecule has 0 aromatic heterocycles. The van der Waals surface area contributed by atoms with E-state index in [9.17, 15) is 9.59 Å². The second-order valence-corrected chi connectivity index (χ2v) is 1.91. The highest BCUT2D eigenvalue weighted by Gasteiger charge is 2.17. The topological polar surface area (TPSA) is 78.6 Å². The van der Waals surface area contributed by atoms with E-state index in [0.29, 0.717) is 0 Å². The van der Waals surface area contributed by atoms with Gasteiger partial charge in [0, 0.05) is 0 Å². The van der Waals surface area contributed by atoms with Crippen LogP contribution in [-0.2, 0) is 19.1 Å². The van der Waals surface area contributed by atoms with Crippen molar-refractivity contribution in [3.63, 3.8) is 0 Å². The molecule has 0 rings (SSSR count). The van der Waals surface area contributed by atoms with Crippen molar-refractivity contribution in [1.82, 2.24) is 0 Å². The fourth-order valence-corrected chi connectivity index (χ4v) is 0.498. The van der Waals surface area contributed by atoms with Crippen molar-refractivity contribution in [3.05, 3.63) is 0 Å². The second kappa shape index (κ2) is 4.68. The van der Waals surface area contributed by atoms with Gasteiger partial charge in [-0.25, -0.2) is 0 Å². The molecule has 0 unspecified atom stereocenters. The van der Waals surface area contributed by atoms with Crippen molar-refractivity contribution in [3.8, 4) is 0 Å². The van der Waals surface area contributed by atoms with E-state index in [0.717, 1.165) is 0 Å². The number of ether oxygens (including phenoxy) is 2. The van der Waals surface area contributed by atoms with Gasteiger partial charge in [0.05, 0.1) is 20.6 Å². The maximum atomic E-state index is 10.6. The molecule has 0 spiro atoms. The van der Waals surface area contributed by atoms with E-state index in [1.54, 1.807) is 0 Å². The number of hydrogen-bond donors (Lipinski definition) is 1.